The van der Waals surface area contributed by atoms with E-state index >= 15 is 0 Å². The molecule has 29 heavy (non-hydrogen) atoms. The normalized spacial score (nSPS) is 15.0. The van der Waals surface area contributed by atoms with E-state index < -0.39 is 14.0 Å². The van der Waals surface area contributed by atoms with Crippen LogP contribution in [0.5, 0.6) is 0 Å². The van der Waals surface area contributed by atoms with Crippen molar-refractivity contribution < 1.29 is 27.0 Å². The molecule has 9 heteroatoms. The molecule has 0 atom stereocenters. The summed E-state index contributed by atoms with van der Waals surface area (Å²) in [6.07, 6.45) is -3.09. The second-order valence-electron chi connectivity index (χ2n) is 12.3. The van der Waals surface area contributed by atoms with Gasteiger partial charge >= 0.3 is 187 Å². The van der Waals surface area contributed by atoms with Crippen LogP contribution in [0.2, 0.25) is 0 Å². The zero-order chi connectivity index (χ0) is 23.4. The molecule has 0 aromatic carbocycles. The van der Waals surface area contributed by atoms with Gasteiger partial charge in [-0.25, -0.2) is 0 Å². The Morgan fingerprint density at radius 3 is 1.03 bits per heavy atom. The van der Waals surface area contributed by atoms with Crippen LogP contribution in [-0.4, -0.2) is 41.5 Å². The predicted molar refractivity (Wildman–Crippen MR) is 123 cm³/mol. The van der Waals surface area contributed by atoms with Crippen LogP contribution in [0.15, 0.2) is 0 Å². The molecule has 0 saturated carbocycles. The summed E-state index contributed by atoms with van der Waals surface area (Å²) < 4.78 is 43.0. The van der Waals surface area contributed by atoms with Crippen molar-refractivity contribution in [2.75, 3.05) is 26.4 Å². The molecule has 0 spiro atoms. The summed E-state index contributed by atoms with van der Waals surface area (Å²) >= 11 is 2.90. The van der Waals surface area contributed by atoms with E-state index in [0.717, 1.165) is 0 Å². The number of phosphoric acid groups is 1. The van der Waals surface area contributed by atoms with Gasteiger partial charge in [-0.05, 0) is 0 Å². The summed E-state index contributed by atoms with van der Waals surface area (Å²) in [5, 5.41) is 0. The van der Waals surface area contributed by atoms with E-state index in [-0.39, 0.29) is 34.9 Å². The molecule has 0 aliphatic heterocycles. The van der Waals surface area contributed by atoms with Crippen molar-refractivity contribution in [3.63, 3.8) is 0 Å². The first-order chi connectivity index (χ1) is 12.5. The van der Waals surface area contributed by atoms with Gasteiger partial charge in [-0.2, -0.15) is 0 Å². The molecule has 0 fully saturated rings. The molecule has 0 aromatic rings. The first-order valence-electron chi connectivity index (χ1n) is 10.0. The van der Waals surface area contributed by atoms with Gasteiger partial charge in [-0.3, -0.25) is 0 Å². The Labute approximate surface area is 187 Å². The maximum absolute atomic E-state index is 13.6. The van der Waals surface area contributed by atoms with Crippen LogP contribution in [0.3, 0.4) is 0 Å². The molecule has 0 rings (SSSR count). The van der Waals surface area contributed by atoms with Gasteiger partial charge < -0.3 is 0 Å². The summed E-state index contributed by atoms with van der Waals surface area (Å²) in [5.41, 5.74) is -0.652. The number of hydrogen-bond acceptors (Lipinski definition) is 6. The van der Waals surface area contributed by atoms with Gasteiger partial charge in [0.25, 0.3) is 0 Å². The van der Waals surface area contributed by atoms with E-state index in [1.54, 1.807) is 0 Å². The zero-order valence-corrected chi connectivity index (χ0v) is 24.1. The molecule has 0 unspecified atom stereocenters. The van der Waals surface area contributed by atoms with E-state index in [9.17, 15) is 4.57 Å². The van der Waals surface area contributed by atoms with Crippen molar-refractivity contribution in [2.45, 2.75) is 83.1 Å². The molecule has 0 heterocycles. The Bertz CT molecular complexity index is 498. The third kappa shape index (κ3) is 17.2. The Kier molecular flexibility index (Phi) is 11.1. The average molecular weight is 521 g/mol. The number of rotatable bonds is 10. The third-order valence-electron chi connectivity index (χ3n) is 2.82. The molecule has 6 nitrogen and oxygen atoms in total. The Morgan fingerprint density at radius 2 is 0.793 bits per heavy atom. The first-order valence-corrected chi connectivity index (χ1v) is 15.2. The second kappa shape index (κ2) is 10.7. The minimum atomic E-state index is -3.93. The fourth-order valence-electron chi connectivity index (χ4n) is 1.38. The van der Waals surface area contributed by atoms with E-state index in [0.29, 0.717) is 13.2 Å². The molecule has 0 aromatic heterocycles. The van der Waals surface area contributed by atoms with Gasteiger partial charge in [0, 0.05) is 0 Å². The standard InChI is InChI=1S/C20H44O6P2Se/c1-17(2,3)13-22-27(21,23-14-18(4,5)6)26-28(29,24-15-19(7,8)9)25-16-20(10,11)12/h13-16H2,1-12H3. The van der Waals surface area contributed by atoms with Crippen LogP contribution in [-0.2, 0) is 27.0 Å². The molecule has 0 amide bonds. The van der Waals surface area contributed by atoms with E-state index in [2.05, 4.69) is 15.1 Å². The zero-order valence-electron chi connectivity index (χ0n) is 20.6. The molecular weight excluding hydrogens is 477 g/mol. The summed E-state index contributed by atoms with van der Waals surface area (Å²) in [7, 11) is -3.93. The first kappa shape index (κ1) is 30.0. The fourth-order valence-corrected chi connectivity index (χ4v) is 7.65. The van der Waals surface area contributed by atoms with Crippen LogP contribution < -0.4 is 0 Å². The van der Waals surface area contributed by atoms with Crippen molar-refractivity contribution in [3.8, 4) is 0 Å². The van der Waals surface area contributed by atoms with Crippen LogP contribution in [0.4, 0.5) is 0 Å². The Balaban J connectivity index is 5.67. The summed E-state index contributed by atoms with van der Waals surface area (Å²) in [4.78, 5) is 0. The van der Waals surface area contributed by atoms with Gasteiger partial charge in [0.05, 0.1) is 0 Å². The topological polar surface area (TPSA) is 63.2 Å². The molecular formula is C20H44O6P2Se. The SMILES string of the molecule is CC(C)(C)COP(=O)(OCC(C)(C)C)OP(=[Se])(OCC(C)(C)C)OCC(C)(C)C. The summed E-state index contributed by atoms with van der Waals surface area (Å²) in [6, 6.07) is 0. The Hall–Kier alpha value is 0.979. The molecule has 0 saturated heterocycles. The van der Waals surface area contributed by atoms with Crippen LogP contribution in [0, 0.1) is 21.7 Å². The van der Waals surface area contributed by atoms with Crippen molar-refractivity contribution >= 4 is 29.1 Å². The van der Waals surface area contributed by atoms with E-state index in [4.69, 9.17) is 22.4 Å². The fraction of sp³-hybridized carbons (Fsp3) is 1.00. The average Bonchev–Trinajstić information content (AvgIpc) is 2.45. The monoisotopic (exact) mass is 522 g/mol. The Morgan fingerprint density at radius 1 is 0.552 bits per heavy atom. The molecule has 0 bridgehead atoms. The van der Waals surface area contributed by atoms with Crippen molar-refractivity contribution in [1.82, 2.24) is 0 Å². The number of phosphoric ester groups is 1. The van der Waals surface area contributed by atoms with Crippen LogP contribution in [0.1, 0.15) is 83.1 Å². The molecule has 0 N–H and O–H groups in total. The number of hydrogen-bond donors (Lipinski definition) is 0. The van der Waals surface area contributed by atoms with Crippen molar-refractivity contribution in [1.29, 1.82) is 0 Å². The van der Waals surface area contributed by atoms with Crippen molar-refractivity contribution in [2.24, 2.45) is 21.7 Å². The van der Waals surface area contributed by atoms with E-state index in [1.165, 1.54) is 0 Å². The van der Waals surface area contributed by atoms with E-state index in [1.807, 2.05) is 83.1 Å². The molecule has 0 radical (unpaired) electrons. The minimum absolute atomic E-state index is 0.119. The van der Waals surface area contributed by atoms with Gasteiger partial charge in [0.1, 0.15) is 0 Å². The maximum atomic E-state index is 13.6. The quantitative estimate of drug-likeness (QED) is 0.224. The van der Waals surface area contributed by atoms with Gasteiger partial charge in [-0.15, -0.1) is 0 Å². The van der Waals surface area contributed by atoms with Gasteiger partial charge in [0.15, 0.2) is 0 Å². The van der Waals surface area contributed by atoms with Gasteiger partial charge in [-0.1, -0.05) is 0 Å². The summed E-state index contributed by atoms with van der Waals surface area (Å²) in [6.45, 7) is 25.4. The van der Waals surface area contributed by atoms with Gasteiger partial charge in [0.2, 0.25) is 0 Å². The van der Waals surface area contributed by atoms with Crippen LogP contribution in [0.25, 0.3) is 0 Å². The predicted octanol–water partition coefficient (Wildman–Crippen LogP) is 7.21. The second-order valence-corrected chi connectivity index (χ2v) is 18.6. The third-order valence-corrected chi connectivity index (χ3v) is 8.79. The van der Waals surface area contributed by atoms with Crippen LogP contribution >= 0.6 is 14.0 Å². The molecule has 0 aliphatic rings. The molecule has 176 valence electrons. The molecule has 0 aliphatic carbocycles. The summed E-state index contributed by atoms with van der Waals surface area (Å²) in [5.74, 6) is 0. The van der Waals surface area contributed by atoms with Crippen molar-refractivity contribution in [3.05, 3.63) is 0 Å².